The van der Waals surface area contributed by atoms with Gasteiger partial charge in [0.05, 0.1) is 15.6 Å². The number of nitrogens with one attached hydrogen (secondary N) is 1. The maximum Gasteiger partial charge on any atom is 0.261 e. The number of carbonyl (C=O) groups excluding carboxylic acids is 1. The zero-order valence-electron chi connectivity index (χ0n) is 14.0. The highest BCUT2D eigenvalue weighted by molar-refractivity contribution is 7.92. The van der Waals surface area contributed by atoms with E-state index in [1.165, 1.54) is 13.0 Å². The van der Waals surface area contributed by atoms with Gasteiger partial charge in [0.1, 0.15) is 0 Å². The summed E-state index contributed by atoms with van der Waals surface area (Å²) in [5.41, 5.74) is 2.94. The maximum atomic E-state index is 12.7. The minimum absolute atomic E-state index is 0.0406. The Morgan fingerprint density at radius 3 is 2.64 bits per heavy atom. The largest absolute Gasteiger partial charge is 0.312 e. The van der Waals surface area contributed by atoms with Gasteiger partial charge in [-0.2, -0.15) is 0 Å². The number of carbonyl (C=O) groups is 1. The standard InChI is InChI=1S/C18H19ClN2O3S/c1-12-5-7-17(16(19)10-12)20-25(23,24)15-6-8-18-14(11-15)4-3-9-21(18)13(2)22/h5-8,10-11,20H,3-4,9H2,1-2H3. The first-order chi connectivity index (χ1) is 11.8. The van der Waals surface area contributed by atoms with Crippen LogP contribution in [0, 0.1) is 6.92 Å². The maximum absolute atomic E-state index is 12.7. The first-order valence-corrected chi connectivity index (χ1v) is 9.84. The molecule has 3 rings (SSSR count). The van der Waals surface area contributed by atoms with Crippen LogP contribution in [0.2, 0.25) is 5.02 Å². The molecule has 2 aromatic rings. The van der Waals surface area contributed by atoms with E-state index >= 15 is 0 Å². The molecule has 0 unspecified atom stereocenters. The van der Waals surface area contributed by atoms with Crippen molar-refractivity contribution in [2.75, 3.05) is 16.2 Å². The molecular formula is C18H19ClN2O3S. The highest BCUT2D eigenvalue weighted by Crippen LogP contribution is 2.31. The fourth-order valence-electron chi connectivity index (χ4n) is 2.97. The zero-order valence-corrected chi connectivity index (χ0v) is 15.6. The average molecular weight is 379 g/mol. The van der Waals surface area contributed by atoms with Crippen LogP contribution in [0.25, 0.3) is 0 Å². The van der Waals surface area contributed by atoms with E-state index in [9.17, 15) is 13.2 Å². The molecule has 1 heterocycles. The van der Waals surface area contributed by atoms with Crippen molar-refractivity contribution < 1.29 is 13.2 Å². The van der Waals surface area contributed by atoms with Gasteiger partial charge in [0.2, 0.25) is 5.91 Å². The lowest BCUT2D eigenvalue weighted by Gasteiger charge is -2.28. The summed E-state index contributed by atoms with van der Waals surface area (Å²) in [7, 11) is -3.76. The fraction of sp³-hybridized carbons (Fsp3) is 0.278. The SMILES string of the molecule is CC(=O)N1CCCc2cc(S(=O)(=O)Nc3ccc(C)cc3Cl)ccc21. The van der Waals surface area contributed by atoms with E-state index in [1.54, 1.807) is 35.2 Å². The van der Waals surface area contributed by atoms with E-state index in [4.69, 9.17) is 11.6 Å². The van der Waals surface area contributed by atoms with Crippen LogP contribution >= 0.6 is 11.6 Å². The third-order valence-electron chi connectivity index (χ3n) is 4.23. The van der Waals surface area contributed by atoms with Gasteiger partial charge in [-0.05, 0) is 61.2 Å². The van der Waals surface area contributed by atoms with Crippen molar-refractivity contribution in [2.45, 2.75) is 31.6 Å². The molecule has 0 fully saturated rings. The van der Waals surface area contributed by atoms with Crippen molar-refractivity contribution in [3.8, 4) is 0 Å². The van der Waals surface area contributed by atoms with Gasteiger partial charge in [-0.25, -0.2) is 8.42 Å². The van der Waals surface area contributed by atoms with E-state index in [1.807, 2.05) is 6.92 Å². The Morgan fingerprint density at radius 2 is 1.96 bits per heavy atom. The molecule has 5 nitrogen and oxygen atoms in total. The number of rotatable bonds is 3. The normalized spacial score (nSPS) is 14.1. The molecule has 0 radical (unpaired) electrons. The second-order valence-corrected chi connectivity index (χ2v) is 8.24. The molecule has 7 heteroatoms. The Bertz CT molecular complexity index is 941. The molecule has 0 spiro atoms. The van der Waals surface area contributed by atoms with Crippen LogP contribution in [0.1, 0.15) is 24.5 Å². The minimum Gasteiger partial charge on any atom is -0.312 e. The van der Waals surface area contributed by atoms with Crippen molar-refractivity contribution >= 4 is 38.9 Å². The molecule has 1 amide bonds. The second kappa shape index (κ2) is 6.69. The number of hydrogen-bond donors (Lipinski definition) is 1. The predicted octanol–water partition coefficient (Wildman–Crippen LogP) is 3.75. The average Bonchev–Trinajstić information content (AvgIpc) is 2.56. The molecule has 1 aliphatic heterocycles. The number of halogens is 1. The Balaban J connectivity index is 1.94. The highest BCUT2D eigenvalue weighted by atomic mass is 35.5. The molecule has 0 saturated heterocycles. The molecule has 2 aromatic carbocycles. The molecule has 0 aliphatic carbocycles. The molecule has 0 aromatic heterocycles. The Hall–Kier alpha value is -2.05. The number of sulfonamides is 1. The molecule has 0 saturated carbocycles. The van der Waals surface area contributed by atoms with Crippen molar-refractivity contribution in [1.29, 1.82) is 0 Å². The monoisotopic (exact) mass is 378 g/mol. The number of amides is 1. The number of fused-ring (bicyclic) bond motifs is 1. The molecule has 0 atom stereocenters. The summed E-state index contributed by atoms with van der Waals surface area (Å²) in [5, 5.41) is 0.351. The van der Waals surface area contributed by atoms with Crippen LogP contribution in [0.5, 0.6) is 0 Å². The van der Waals surface area contributed by atoms with Gasteiger partial charge in [-0.1, -0.05) is 17.7 Å². The summed E-state index contributed by atoms with van der Waals surface area (Å²) in [6.07, 6.45) is 1.56. The molecule has 0 bridgehead atoms. The number of benzene rings is 2. The van der Waals surface area contributed by atoms with Crippen molar-refractivity contribution in [3.63, 3.8) is 0 Å². The van der Waals surface area contributed by atoms with Gasteiger partial charge in [-0.3, -0.25) is 9.52 Å². The minimum atomic E-state index is -3.76. The number of hydrogen-bond acceptors (Lipinski definition) is 3. The van der Waals surface area contributed by atoms with E-state index in [0.717, 1.165) is 29.7 Å². The predicted molar refractivity (Wildman–Crippen MR) is 99.8 cm³/mol. The number of nitrogens with zero attached hydrogens (tertiary/aromatic N) is 1. The lowest BCUT2D eigenvalue weighted by atomic mass is 10.0. The Labute approximate surface area is 152 Å². The smallest absolute Gasteiger partial charge is 0.261 e. The third-order valence-corrected chi connectivity index (χ3v) is 5.90. The molecule has 25 heavy (non-hydrogen) atoms. The van der Waals surface area contributed by atoms with E-state index in [-0.39, 0.29) is 10.8 Å². The van der Waals surface area contributed by atoms with Gasteiger partial charge in [-0.15, -0.1) is 0 Å². The Morgan fingerprint density at radius 1 is 1.20 bits per heavy atom. The summed E-state index contributed by atoms with van der Waals surface area (Å²) in [6.45, 7) is 4.06. The van der Waals surface area contributed by atoms with Gasteiger partial charge in [0.15, 0.2) is 0 Å². The lowest BCUT2D eigenvalue weighted by molar-refractivity contribution is -0.116. The first kappa shape index (κ1) is 17.8. The van der Waals surface area contributed by atoms with Crippen molar-refractivity contribution in [1.82, 2.24) is 0 Å². The van der Waals surface area contributed by atoms with E-state index < -0.39 is 10.0 Å². The van der Waals surface area contributed by atoms with Crippen LogP contribution in [-0.4, -0.2) is 20.9 Å². The molecule has 1 aliphatic rings. The number of anilines is 2. The van der Waals surface area contributed by atoms with Crippen LogP contribution < -0.4 is 9.62 Å². The van der Waals surface area contributed by atoms with Gasteiger partial charge in [0, 0.05) is 19.2 Å². The van der Waals surface area contributed by atoms with Crippen molar-refractivity contribution in [3.05, 3.63) is 52.5 Å². The summed E-state index contributed by atoms with van der Waals surface area (Å²) in [5.74, 6) is -0.0406. The summed E-state index contributed by atoms with van der Waals surface area (Å²) in [4.78, 5) is 13.6. The van der Waals surface area contributed by atoms with E-state index in [0.29, 0.717) is 17.3 Å². The van der Waals surface area contributed by atoms with Crippen LogP contribution in [0.4, 0.5) is 11.4 Å². The van der Waals surface area contributed by atoms with Gasteiger partial charge in [0.25, 0.3) is 10.0 Å². The Kier molecular flexibility index (Phi) is 4.75. The topological polar surface area (TPSA) is 66.5 Å². The van der Waals surface area contributed by atoms with Gasteiger partial charge >= 0.3 is 0 Å². The number of aryl methyl sites for hydroxylation is 2. The molecule has 1 N–H and O–H groups in total. The van der Waals surface area contributed by atoms with Crippen LogP contribution in [0.3, 0.4) is 0 Å². The summed E-state index contributed by atoms with van der Waals surface area (Å²) < 4.78 is 27.9. The first-order valence-electron chi connectivity index (χ1n) is 7.98. The molecule has 132 valence electrons. The summed E-state index contributed by atoms with van der Waals surface area (Å²) in [6, 6.07) is 9.99. The quantitative estimate of drug-likeness (QED) is 0.884. The summed E-state index contributed by atoms with van der Waals surface area (Å²) >= 11 is 6.12. The van der Waals surface area contributed by atoms with E-state index in [2.05, 4.69) is 4.72 Å². The van der Waals surface area contributed by atoms with Crippen LogP contribution in [-0.2, 0) is 21.2 Å². The highest BCUT2D eigenvalue weighted by Gasteiger charge is 2.23. The fourth-order valence-corrected chi connectivity index (χ4v) is 4.44. The lowest BCUT2D eigenvalue weighted by Crippen LogP contribution is -2.33. The molecular weight excluding hydrogens is 360 g/mol. The third kappa shape index (κ3) is 3.65. The van der Waals surface area contributed by atoms with Crippen LogP contribution in [0.15, 0.2) is 41.3 Å². The zero-order chi connectivity index (χ0) is 18.2. The second-order valence-electron chi connectivity index (χ2n) is 6.15. The van der Waals surface area contributed by atoms with Gasteiger partial charge < -0.3 is 4.90 Å². The van der Waals surface area contributed by atoms with Crippen molar-refractivity contribution in [2.24, 2.45) is 0 Å².